The minimum atomic E-state index is -1.52. The van der Waals surface area contributed by atoms with Crippen molar-refractivity contribution in [1.82, 2.24) is 0 Å². The fourth-order valence-electron chi connectivity index (χ4n) is 1.51. The second-order valence-electron chi connectivity index (χ2n) is 3.88. The van der Waals surface area contributed by atoms with E-state index in [4.69, 9.17) is 0 Å². The fraction of sp³-hybridized carbons (Fsp3) is 0.417. The van der Waals surface area contributed by atoms with E-state index in [1.165, 1.54) is 13.8 Å². The Bertz CT molecular complexity index is 432. The van der Waals surface area contributed by atoms with Crippen LogP contribution in [0.4, 0.5) is 8.78 Å². The molecule has 0 saturated heterocycles. The molecule has 0 aromatic heterocycles. The number of aliphatic hydroxyl groups excluding tert-OH is 1. The molecule has 2 unspecified atom stereocenters. The lowest BCUT2D eigenvalue weighted by molar-refractivity contribution is -0.151. The van der Waals surface area contributed by atoms with Gasteiger partial charge in [0.2, 0.25) is 0 Å². The highest BCUT2D eigenvalue weighted by molar-refractivity contribution is 5.75. The van der Waals surface area contributed by atoms with Crippen LogP contribution >= 0.6 is 0 Å². The number of aliphatic hydroxyl groups is 1. The first kappa shape index (κ1) is 13.6. The number of hydrogen-bond acceptors (Lipinski definition) is 3. The van der Waals surface area contributed by atoms with Crippen molar-refractivity contribution in [2.24, 2.45) is 0 Å². The van der Waals surface area contributed by atoms with Crippen molar-refractivity contribution in [1.29, 1.82) is 0 Å². The van der Waals surface area contributed by atoms with E-state index in [0.29, 0.717) is 0 Å². The van der Waals surface area contributed by atoms with E-state index >= 15 is 0 Å². The van der Waals surface area contributed by atoms with E-state index in [1.54, 1.807) is 0 Å². The standard InChI is InChI=1S/C12H14F2O3/c1-6-4-10(14)8(5-9(6)13)7(2)11(15)12(16)17-3/h4-5,7,11,15H,1-3H3. The molecule has 0 aliphatic heterocycles. The van der Waals surface area contributed by atoms with Crippen molar-refractivity contribution in [2.75, 3.05) is 7.11 Å². The molecule has 0 amide bonds. The average molecular weight is 244 g/mol. The molecule has 0 fully saturated rings. The van der Waals surface area contributed by atoms with Crippen molar-refractivity contribution >= 4 is 5.97 Å². The highest BCUT2D eigenvalue weighted by Crippen LogP contribution is 2.25. The Kier molecular flexibility index (Phi) is 4.17. The van der Waals surface area contributed by atoms with Gasteiger partial charge in [-0.05, 0) is 30.2 Å². The second kappa shape index (κ2) is 5.23. The molecule has 0 saturated carbocycles. The van der Waals surface area contributed by atoms with Crippen LogP contribution in [0.3, 0.4) is 0 Å². The summed E-state index contributed by atoms with van der Waals surface area (Å²) >= 11 is 0. The van der Waals surface area contributed by atoms with Crippen molar-refractivity contribution in [3.05, 3.63) is 34.9 Å². The van der Waals surface area contributed by atoms with Gasteiger partial charge in [0.1, 0.15) is 11.6 Å². The van der Waals surface area contributed by atoms with Crippen LogP contribution in [0, 0.1) is 18.6 Å². The summed E-state index contributed by atoms with van der Waals surface area (Å²) in [5.41, 5.74) is 0.122. The van der Waals surface area contributed by atoms with Crippen LogP contribution in [0.2, 0.25) is 0 Å². The summed E-state index contributed by atoms with van der Waals surface area (Å²) in [7, 11) is 1.12. The molecular weight excluding hydrogens is 230 g/mol. The van der Waals surface area contributed by atoms with Gasteiger partial charge in [-0.2, -0.15) is 0 Å². The first-order valence-electron chi connectivity index (χ1n) is 5.10. The van der Waals surface area contributed by atoms with Crippen LogP contribution in [0.25, 0.3) is 0 Å². The number of hydrogen-bond donors (Lipinski definition) is 1. The maximum absolute atomic E-state index is 13.6. The van der Waals surface area contributed by atoms with E-state index < -0.39 is 29.6 Å². The number of ether oxygens (including phenoxy) is 1. The minimum Gasteiger partial charge on any atom is -0.467 e. The van der Waals surface area contributed by atoms with E-state index in [2.05, 4.69) is 4.74 Å². The van der Waals surface area contributed by atoms with Crippen molar-refractivity contribution in [2.45, 2.75) is 25.9 Å². The average Bonchev–Trinajstić information content (AvgIpc) is 2.31. The number of esters is 1. The number of rotatable bonds is 3. The third kappa shape index (κ3) is 2.79. The number of benzene rings is 1. The second-order valence-corrected chi connectivity index (χ2v) is 3.88. The number of carbonyl (C=O) groups excluding carboxylic acids is 1. The smallest absolute Gasteiger partial charge is 0.335 e. The highest BCUT2D eigenvalue weighted by Gasteiger charge is 2.27. The predicted octanol–water partition coefficient (Wildman–Crippen LogP) is 1.91. The van der Waals surface area contributed by atoms with Crippen molar-refractivity contribution in [3.8, 4) is 0 Å². The number of carbonyl (C=O) groups is 1. The Morgan fingerprint density at radius 2 is 1.94 bits per heavy atom. The quantitative estimate of drug-likeness (QED) is 0.826. The van der Waals surface area contributed by atoms with E-state index in [9.17, 15) is 18.7 Å². The molecule has 0 heterocycles. The highest BCUT2D eigenvalue weighted by atomic mass is 19.1. The number of methoxy groups -OCH3 is 1. The molecule has 2 atom stereocenters. The molecule has 0 aliphatic rings. The Morgan fingerprint density at radius 3 is 2.47 bits per heavy atom. The molecule has 3 nitrogen and oxygen atoms in total. The Morgan fingerprint density at radius 1 is 1.35 bits per heavy atom. The van der Waals surface area contributed by atoms with Gasteiger partial charge in [-0.1, -0.05) is 6.92 Å². The van der Waals surface area contributed by atoms with Crippen molar-refractivity contribution < 1.29 is 23.4 Å². The molecule has 1 aromatic carbocycles. The van der Waals surface area contributed by atoms with Gasteiger partial charge in [0, 0.05) is 5.92 Å². The van der Waals surface area contributed by atoms with E-state index in [-0.39, 0.29) is 11.1 Å². The van der Waals surface area contributed by atoms with Crippen LogP contribution in [0.1, 0.15) is 24.0 Å². The molecule has 0 spiro atoms. The Balaban J connectivity index is 3.08. The minimum absolute atomic E-state index is 0.0500. The molecule has 94 valence electrons. The zero-order valence-electron chi connectivity index (χ0n) is 9.83. The first-order valence-corrected chi connectivity index (χ1v) is 5.10. The fourth-order valence-corrected chi connectivity index (χ4v) is 1.51. The molecule has 1 aromatic rings. The molecule has 0 radical (unpaired) electrons. The monoisotopic (exact) mass is 244 g/mol. The lowest BCUT2D eigenvalue weighted by Crippen LogP contribution is -2.28. The maximum atomic E-state index is 13.6. The number of halogens is 2. The lowest BCUT2D eigenvalue weighted by atomic mass is 9.94. The van der Waals surface area contributed by atoms with Gasteiger partial charge in [0.15, 0.2) is 6.10 Å². The molecule has 1 rings (SSSR count). The largest absolute Gasteiger partial charge is 0.467 e. The summed E-state index contributed by atoms with van der Waals surface area (Å²) in [5, 5.41) is 9.56. The van der Waals surface area contributed by atoms with Gasteiger partial charge in [0.25, 0.3) is 0 Å². The predicted molar refractivity (Wildman–Crippen MR) is 57.5 cm³/mol. The summed E-state index contributed by atoms with van der Waals surface area (Å²) in [6.45, 7) is 2.86. The first-order chi connectivity index (χ1) is 7.88. The van der Waals surface area contributed by atoms with Crippen LogP contribution in [-0.2, 0) is 9.53 Å². The van der Waals surface area contributed by atoms with Gasteiger partial charge < -0.3 is 9.84 Å². The molecule has 1 N–H and O–H groups in total. The number of aryl methyl sites for hydroxylation is 1. The third-order valence-electron chi connectivity index (χ3n) is 2.68. The normalized spacial score (nSPS) is 14.2. The molecule has 0 aliphatic carbocycles. The van der Waals surface area contributed by atoms with Gasteiger partial charge in [0.05, 0.1) is 7.11 Å². The molecular formula is C12H14F2O3. The summed E-state index contributed by atoms with van der Waals surface area (Å²) in [6, 6.07) is 2.02. The van der Waals surface area contributed by atoms with Crippen LogP contribution in [0.15, 0.2) is 12.1 Å². The van der Waals surface area contributed by atoms with Gasteiger partial charge in [-0.25, -0.2) is 13.6 Å². The van der Waals surface area contributed by atoms with Gasteiger partial charge in [-0.3, -0.25) is 0 Å². The van der Waals surface area contributed by atoms with Gasteiger partial charge >= 0.3 is 5.97 Å². The van der Waals surface area contributed by atoms with E-state index in [1.807, 2.05) is 0 Å². The van der Waals surface area contributed by atoms with E-state index in [0.717, 1.165) is 19.2 Å². The summed E-state index contributed by atoms with van der Waals surface area (Å²) in [6.07, 6.45) is -1.52. The molecule has 17 heavy (non-hydrogen) atoms. The SMILES string of the molecule is COC(=O)C(O)C(C)c1cc(F)c(C)cc1F. The molecule has 0 bridgehead atoms. The van der Waals surface area contributed by atoms with Crippen molar-refractivity contribution in [3.63, 3.8) is 0 Å². The van der Waals surface area contributed by atoms with Crippen LogP contribution < -0.4 is 0 Å². The molecule has 5 heteroatoms. The summed E-state index contributed by atoms with van der Waals surface area (Å²) in [5.74, 6) is -2.99. The topological polar surface area (TPSA) is 46.5 Å². The lowest BCUT2D eigenvalue weighted by Gasteiger charge is -2.18. The third-order valence-corrected chi connectivity index (χ3v) is 2.68. The van der Waals surface area contributed by atoms with Crippen LogP contribution in [0.5, 0.6) is 0 Å². The maximum Gasteiger partial charge on any atom is 0.335 e. The zero-order valence-corrected chi connectivity index (χ0v) is 9.83. The Hall–Kier alpha value is -1.49. The summed E-state index contributed by atoms with van der Waals surface area (Å²) < 4.78 is 31.2. The van der Waals surface area contributed by atoms with Gasteiger partial charge in [-0.15, -0.1) is 0 Å². The Labute approximate surface area is 98.0 Å². The summed E-state index contributed by atoms with van der Waals surface area (Å²) in [4.78, 5) is 11.1. The van der Waals surface area contributed by atoms with Crippen LogP contribution in [-0.4, -0.2) is 24.3 Å². The zero-order chi connectivity index (χ0) is 13.2.